The SMILES string of the molecule is O=[P+](c1ccccc1)c1ccccc1C#Cc1ccccc1. The van der Waals surface area contributed by atoms with E-state index in [1.54, 1.807) is 0 Å². The van der Waals surface area contributed by atoms with Crippen molar-refractivity contribution in [2.75, 3.05) is 0 Å². The van der Waals surface area contributed by atoms with Crippen molar-refractivity contribution in [2.24, 2.45) is 0 Å². The summed E-state index contributed by atoms with van der Waals surface area (Å²) in [4.78, 5) is 0. The van der Waals surface area contributed by atoms with Gasteiger partial charge in [0.15, 0.2) is 5.30 Å². The first kappa shape index (κ1) is 14.3. The lowest BCUT2D eigenvalue weighted by Gasteiger charge is -1.94. The van der Waals surface area contributed by atoms with E-state index in [-0.39, 0.29) is 0 Å². The van der Waals surface area contributed by atoms with Gasteiger partial charge in [-0.05, 0) is 36.4 Å². The van der Waals surface area contributed by atoms with Crippen LogP contribution in [0.5, 0.6) is 0 Å². The van der Waals surface area contributed by atoms with E-state index < -0.39 is 7.80 Å². The fourth-order valence-corrected chi connectivity index (χ4v) is 3.41. The molecule has 1 atom stereocenters. The quantitative estimate of drug-likeness (QED) is 0.519. The molecular weight excluding hydrogens is 287 g/mol. The molecule has 3 rings (SSSR count). The predicted molar refractivity (Wildman–Crippen MR) is 92.2 cm³/mol. The van der Waals surface area contributed by atoms with Gasteiger partial charge >= 0.3 is 7.80 Å². The van der Waals surface area contributed by atoms with Gasteiger partial charge in [0.2, 0.25) is 5.30 Å². The fraction of sp³-hybridized carbons (Fsp3) is 0. The Morgan fingerprint density at radius 2 is 1.23 bits per heavy atom. The second-order valence-electron chi connectivity index (χ2n) is 4.76. The van der Waals surface area contributed by atoms with E-state index in [0.717, 1.165) is 21.7 Å². The van der Waals surface area contributed by atoms with Crippen molar-refractivity contribution in [3.05, 3.63) is 96.1 Å². The monoisotopic (exact) mass is 301 g/mol. The van der Waals surface area contributed by atoms with Crippen LogP contribution >= 0.6 is 7.80 Å². The zero-order valence-electron chi connectivity index (χ0n) is 11.9. The second-order valence-corrected chi connectivity index (χ2v) is 6.35. The summed E-state index contributed by atoms with van der Waals surface area (Å²) in [6.07, 6.45) is 0. The summed E-state index contributed by atoms with van der Waals surface area (Å²) in [6.45, 7) is 0. The van der Waals surface area contributed by atoms with E-state index in [2.05, 4.69) is 11.8 Å². The molecule has 0 radical (unpaired) electrons. The summed E-state index contributed by atoms with van der Waals surface area (Å²) in [5.74, 6) is 6.28. The first-order chi connectivity index (χ1) is 10.8. The summed E-state index contributed by atoms with van der Waals surface area (Å²) in [6, 6.07) is 27.0. The van der Waals surface area contributed by atoms with Crippen LogP contribution in [-0.4, -0.2) is 0 Å². The molecule has 0 spiro atoms. The Morgan fingerprint density at radius 3 is 1.95 bits per heavy atom. The van der Waals surface area contributed by atoms with Crippen molar-refractivity contribution >= 4 is 18.4 Å². The van der Waals surface area contributed by atoms with Gasteiger partial charge in [-0.1, -0.05) is 64.9 Å². The van der Waals surface area contributed by atoms with Gasteiger partial charge in [0.25, 0.3) is 0 Å². The van der Waals surface area contributed by atoms with Crippen molar-refractivity contribution in [1.29, 1.82) is 0 Å². The molecule has 1 nitrogen and oxygen atoms in total. The van der Waals surface area contributed by atoms with E-state index in [1.165, 1.54) is 0 Å². The van der Waals surface area contributed by atoms with Gasteiger partial charge in [-0.15, -0.1) is 0 Å². The molecule has 0 N–H and O–H groups in total. The Balaban J connectivity index is 1.98. The molecule has 104 valence electrons. The van der Waals surface area contributed by atoms with Gasteiger partial charge in [0.05, 0.1) is 5.56 Å². The van der Waals surface area contributed by atoms with Crippen molar-refractivity contribution in [2.45, 2.75) is 0 Å². The zero-order valence-corrected chi connectivity index (χ0v) is 12.8. The van der Waals surface area contributed by atoms with Crippen LogP contribution < -0.4 is 10.6 Å². The van der Waals surface area contributed by atoms with Gasteiger partial charge in [0, 0.05) is 5.56 Å². The molecule has 0 saturated heterocycles. The third-order valence-corrected chi connectivity index (χ3v) is 4.82. The highest BCUT2D eigenvalue weighted by Crippen LogP contribution is 2.21. The summed E-state index contributed by atoms with van der Waals surface area (Å²) in [5.41, 5.74) is 1.77. The van der Waals surface area contributed by atoms with Gasteiger partial charge in [-0.3, -0.25) is 0 Å². The Kier molecular flexibility index (Phi) is 4.44. The number of rotatable bonds is 2. The minimum atomic E-state index is -1.62. The zero-order chi connectivity index (χ0) is 15.2. The lowest BCUT2D eigenvalue weighted by molar-refractivity contribution is 0.598. The van der Waals surface area contributed by atoms with Crippen LogP contribution in [0.1, 0.15) is 11.1 Å². The molecule has 0 aliphatic heterocycles. The smallest absolute Gasteiger partial charge is 0.0622 e. The van der Waals surface area contributed by atoms with Crippen molar-refractivity contribution < 1.29 is 4.57 Å². The molecule has 0 fully saturated rings. The molecule has 0 aliphatic carbocycles. The summed E-state index contributed by atoms with van der Waals surface area (Å²) in [5, 5.41) is 1.61. The van der Waals surface area contributed by atoms with Gasteiger partial charge < -0.3 is 0 Å². The molecule has 0 amide bonds. The van der Waals surface area contributed by atoms with Gasteiger partial charge in [0.1, 0.15) is 0 Å². The Hall–Kier alpha value is -2.68. The topological polar surface area (TPSA) is 17.1 Å². The molecule has 22 heavy (non-hydrogen) atoms. The highest BCUT2D eigenvalue weighted by atomic mass is 31.1. The van der Waals surface area contributed by atoms with Crippen LogP contribution in [0.15, 0.2) is 84.9 Å². The molecule has 3 aromatic rings. The standard InChI is InChI=1S/C20H14OP/c21-22(19-12-5-2-6-13-19)20-14-8-7-11-18(20)16-15-17-9-3-1-4-10-17/h1-14H/q+1. The maximum atomic E-state index is 12.8. The summed E-state index contributed by atoms with van der Waals surface area (Å²) in [7, 11) is -1.62. The van der Waals surface area contributed by atoms with Crippen molar-refractivity contribution in [3.63, 3.8) is 0 Å². The lowest BCUT2D eigenvalue weighted by atomic mass is 10.2. The first-order valence-corrected chi connectivity index (χ1v) is 8.29. The minimum Gasteiger partial charge on any atom is -0.0622 e. The van der Waals surface area contributed by atoms with E-state index in [4.69, 9.17) is 0 Å². The van der Waals surface area contributed by atoms with Crippen LogP contribution in [0.2, 0.25) is 0 Å². The predicted octanol–water partition coefficient (Wildman–Crippen LogP) is 3.86. The number of hydrogen-bond donors (Lipinski definition) is 0. The molecule has 3 aromatic carbocycles. The molecule has 0 aliphatic rings. The second kappa shape index (κ2) is 6.85. The largest absolute Gasteiger partial charge is 0.416 e. The van der Waals surface area contributed by atoms with Crippen LogP contribution in [-0.2, 0) is 4.57 Å². The number of hydrogen-bond acceptors (Lipinski definition) is 1. The molecule has 2 heteroatoms. The Morgan fingerprint density at radius 1 is 0.636 bits per heavy atom. The number of benzene rings is 3. The first-order valence-electron chi connectivity index (χ1n) is 7.03. The minimum absolute atomic E-state index is 0.784. The van der Waals surface area contributed by atoms with E-state index in [9.17, 15) is 4.57 Å². The summed E-state index contributed by atoms with van der Waals surface area (Å²) >= 11 is 0. The van der Waals surface area contributed by atoms with E-state index in [0.29, 0.717) is 0 Å². The average Bonchev–Trinajstić information content (AvgIpc) is 2.61. The van der Waals surface area contributed by atoms with Gasteiger partial charge in [-0.25, -0.2) is 0 Å². The van der Waals surface area contributed by atoms with Crippen LogP contribution in [0, 0.1) is 11.8 Å². The lowest BCUT2D eigenvalue weighted by Crippen LogP contribution is -2.09. The Bertz CT molecular complexity index is 843. The molecule has 0 aromatic heterocycles. The third-order valence-electron chi connectivity index (χ3n) is 3.23. The highest BCUT2D eigenvalue weighted by Gasteiger charge is 2.25. The van der Waals surface area contributed by atoms with E-state index >= 15 is 0 Å². The maximum absolute atomic E-state index is 12.8. The molecule has 0 bridgehead atoms. The third kappa shape index (κ3) is 3.31. The molecule has 0 heterocycles. The van der Waals surface area contributed by atoms with Crippen molar-refractivity contribution in [3.8, 4) is 11.8 Å². The highest BCUT2D eigenvalue weighted by molar-refractivity contribution is 7.61. The van der Waals surface area contributed by atoms with Crippen molar-refractivity contribution in [1.82, 2.24) is 0 Å². The molecule has 1 unspecified atom stereocenters. The van der Waals surface area contributed by atoms with Crippen LogP contribution in [0.4, 0.5) is 0 Å². The van der Waals surface area contributed by atoms with E-state index in [1.807, 2.05) is 84.9 Å². The van der Waals surface area contributed by atoms with Crippen LogP contribution in [0.25, 0.3) is 0 Å². The molecule has 0 saturated carbocycles. The molecular formula is C20H14OP+. The van der Waals surface area contributed by atoms with Crippen LogP contribution in [0.3, 0.4) is 0 Å². The van der Waals surface area contributed by atoms with Gasteiger partial charge in [-0.2, -0.15) is 0 Å². The average molecular weight is 301 g/mol. The summed E-state index contributed by atoms with van der Waals surface area (Å²) < 4.78 is 12.8. The Labute approximate surface area is 131 Å². The fourth-order valence-electron chi connectivity index (χ4n) is 2.12. The normalized spacial score (nSPS) is 10.5. The maximum Gasteiger partial charge on any atom is 0.416 e.